The predicted octanol–water partition coefficient (Wildman–Crippen LogP) is 3.78. The third kappa shape index (κ3) is 3.98. The number of aryl methyl sites for hydroxylation is 1. The van der Waals surface area contributed by atoms with E-state index in [1.165, 1.54) is 11.6 Å². The van der Waals surface area contributed by atoms with Gasteiger partial charge in [-0.3, -0.25) is 4.72 Å². The van der Waals surface area contributed by atoms with Crippen molar-refractivity contribution in [2.45, 2.75) is 24.7 Å². The molecular weight excluding hydrogens is 352 g/mol. The van der Waals surface area contributed by atoms with Crippen molar-refractivity contribution in [2.24, 2.45) is 0 Å². The first kappa shape index (κ1) is 15.9. The highest BCUT2D eigenvalue weighted by atomic mass is 79.9. The third-order valence-electron chi connectivity index (χ3n) is 3.01. The summed E-state index contributed by atoms with van der Waals surface area (Å²) in [5.74, 6) is 0. The molecule has 0 atom stereocenters. The Bertz CT molecular complexity index is 728. The number of nitrogens with one attached hydrogen (secondary N) is 1. The highest BCUT2D eigenvalue weighted by Gasteiger charge is 2.17. The van der Waals surface area contributed by atoms with Crippen molar-refractivity contribution in [3.05, 3.63) is 52.5 Å². The molecule has 0 aliphatic carbocycles. The van der Waals surface area contributed by atoms with Crippen molar-refractivity contribution < 1.29 is 8.42 Å². The molecule has 0 aliphatic heterocycles. The van der Waals surface area contributed by atoms with Crippen LogP contribution in [0.2, 0.25) is 0 Å². The van der Waals surface area contributed by atoms with Gasteiger partial charge in [0.1, 0.15) is 4.90 Å². The number of nitrogens with two attached hydrogens (primary N) is 1. The standard InChI is InChI=1S/C15H17BrN2O2S/c1-2-3-11-4-7-13(8-5-11)18-21(19,20)15-9-6-12(16)10-14(15)17/h4-10,18H,2-3,17H2,1H3. The molecule has 0 aromatic heterocycles. The Morgan fingerprint density at radius 1 is 1.14 bits per heavy atom. The summed E-state index contributed by atoms with van der Waals surface area (Å²) in [5, 5.41) is 0. The van der Waals surface area contributed by atoms with Crippen LogP contribution in [0.15, 0.2) is 51.8 Å². The number of benzene rings is 2. The van der Waals surface area contributed by atoms with Gasteiger partial charge in [0.15, 0.2) is 0 Å². The number of halogens is 1. The van der Waals surface area contributed by atoms with Gasteiger partial charge in [0, 0.05) is 10.2 Å². The van der Waals surface area contributed by atoms with Crippen molar-refractivity contribution in [3.8, 4) is 0 Å². The minimum absolute atomic E-state index is 0.0725. The Kier molecular flexibility index (Phi) is 4.90. The van der Waals surface area contributed by atoms with Crippen LogP contribution in [0.1, 0.15) is 18.9 Å². The maximum Gasteiger partial charge on any atom is 0.263 e. The Hall–Kier alpha value is -1.53. The van der Waals surface area contributed by atoms with Crippen molar-refractivity contribution >= 4 is 37.3 Å². The number of anilines is 2. The number of rotatable bonds is 5. The molecule has 3 N–H and O–H groups in total. The minimum Gasteiger partial charge on any atom is -0.398 e. The van der Waals surface area contributed by atoms with Gasteiger partial charge in [-0.15, -0.1) is 0 Å². The summed E-state index contributed by atoms with van der Waals surface area (Å²) in [6.07, 6.45) is 2.03. The molecule has 2 rings (SSSR count). The highest BCUT2D eigenvalue weighted by molar-refractivity contribution is 9.10. The Morgan fingerprint density at radius 2 is 1.81 bits per heavy atom. The summed E-state index contributed by atoms with van der Waals surface area (Å²) in [6.45, 7) is 2.10. The van der Waals surface area contributed by atoms with E-state index in [1.54, 1.807) is 24.3 Å². The van der Waals surface area contributed by atoms with Crippen LogP contribution >= 0.6 is 15.9 Å². The first-order valence-corrected chi connectivity index (χ1v) is 8.87. The van der Waals surface area contributed by atoms with Crippen LogP contribution in [0, 0.1) is 0 Å². The number of sulfonamides is 1. The van der Waals surface area contributed by atoms with E-state index in [0.717, 1.165) is 17.3 Å². The molecule has 4 nitrogen and oxygen atoms in total. The van der Waals surface area contributed by atoms with E-state index in [0.29, 0.717) is 5.69 Å². The van der Waals surface area contributed by atoms with Gasteiger partial charge in [-0.05, 0) is 42.3 Å². The molecule has 2 aromatic rings. The second-order valence-corrected chi connectivity index (χ2v) is 7.30. The fourth-order valence-electron chi connectivity index (χ4n) is 2.00. The van der Waals surface area contributed by atoms with Gasteiger partial charge < -0.3 is 5.73 Å². The van der Waals surface area contributed by atoms with Crippen LogP contribution in [-0.4, -0.2) is 8.42 Å². The van der Waals surface area contributed by atoms with Gasteiger partial charge in [-0.1, -0.05) is 41.4 Å². The number of nitrogen functional groups attached to an aromatic ring is 1. The molecule has 112 valence electrons. The van der Waals surface area contributed by atoms with Crippen molar-refractivity contribution in [1.29, 1.82) is 0 Å². The molecule has 0 spiro atoms. The van der Waals surface area contributed by atoms with Crippen molar-refractivity contribution in [1.82, 2.24) is 0 Å². The van der Waals surface area contributed by atoms with E-state index in [-0.39, 0.29) is 10.6 Å². The second kappa shape index (κ2) is 6.49. The first-order chi connectivity index (χ1) is 9.92. The Balaban J connectivity index is 2.24. The molecule has 0 radical (unpaired) electrons. The first-order valence-electron chi connectivity index (χ1n) is 6.59. The summed E-state index contributed by atoms with van der Waals surface area (Å²) in [5.41, 5.74) is 7.69. The zero-order valence-electron chi connectivity index (χ0n) is 11.6. The zero-order chi connectivity index (χ0) is 15.5. The van der Waals surface area contributed by atoms with Crippen molar-refractivity contribution in [2.75, 3.05) is 10.5 Å². The summed E-state index contributed by atoms with van der Waals surface area (Å²) >= 11 is 3.26. The van der Waals surface area contributed by atoms with Gasteiger partial charge >= 0.3 is 0 Å². The largest absolute Gasteiger partial charge is 0.398 e. The van der Waals surface area contributed by atoms with E-state index in [1.807, 2.05) is 12.1 Å². The lowest BCUT2D eigenvalue weighted by molar-refractivity contribution is 0.601. The van der Waals surface area contributed by atoms with E-state index >= 15 is 0 Å². The lowest BCUT2D eigenvalue weighted by atomic mass is 10.1. The van der Waals surface area contributed by atoms with Crippen LogP contribution in [0.5, 0.6) is 0 Å². The molecule has 0 amide bonds. The Morgan fingerprint density at radius 3 is 2.38 bits per heavy atom. The number of hydrogen-bond donors (Lipinski definition) is 2. The van der Waals surface area contributed by atoms with Gasteiger partial charge in [-0.2, -0.15) is 0 Å². The Labute approximate surface area is 133 Å². The molecule has 21 heavy (non-hydrogen) atoms. The third-order valence-corrected chi connectivity index (χ3v) is 4.95. The van der Waals surface area contributed by atoms with E-state index in [4.69, 9.17) is 5.73 Å². The highest BCUT2D eigenvalue weighted by Crippen LogP contribution is 2.25. The van der Waals surface area contributed by atoms with Gasteiger partial charge in [0.25, 0.3) is 10.0 Å². The van der Waals surface area contributed by atoms with Crippen molar-refractivity contribution in [3.63, 3.8) is 0 Å². The molecular formula is C15H17BrN2O2S. The van der Waals surface area contributed by atoms with Crippen LogP contribution in [0.25, 0.3) is 0 Å². The molecule has 0 heterocycles. The van der Waals surface area contributed by atoms with E-state index in [2.05, 4.69) is 27.6 Å². The fourth-order valence-corrected chi connectivity index (χ4v) is 3.55. The molecule has 6 heteroatoms. The number of hydrogen-bond acceptors (Lipinski definition) is 3. The maximum atomic E-state index is 12.3. The topological polar surface area (TPSA) is 72.2 Å². The average Bonchev–Trinajstić information content (AvgIpc) is 2.40. The SMILES string of the molecule is CCCc1ccc(NS(=O)(=O)c2ccc(Br)cc2N)cc1. The van der Waals surface area contributed by atoms with Gasteiger partial charge in [-0.25, -0.2) is 8.42 Å². The maximum absolute atomic E-state index is 12.3. The normalized spacial score (nSPS) is 11.3. The lowest BCUT2D eigenvalue weighted by Gasteiger charge is -2.11. The van der Waals surface area contributed by atoms with E-state index in [9.17, 15) is 8.42 Å². The molecule has 0 unspecified atom stereocenters. The summed E-state index contributed by atoms with van der Waals surface area (Å²) in [4.78, 5) is 0.0725. The van der Waals surface area contributed by atoms with Gasteiger partial charge in [0.05, 0.1) is 5.69 Å². The summed E-state index contributed by atoms with van der Waals surface area (Å²) < 4.78 is 28.0. The molecule has 2 aromatic carbocycles. The second-order valence-electron chi connectivity index (χ2n) is 4.73. The zero-order valence-corrected chi connectivity index (χ0v) is 14.0. The fraction of sp³-hybridized carbons (Fsp3) is 0.200. The van der Waals surface area contributed by atoms with Gasteiger partial charge in [0.2, 0.25) is 0 Å². The summed E-state index contributed by atoms with van der Waals surface area (Å²) in [7, 11) is -3.68. The van der Waals surface area contributed by atoms with Crippen LogP contribution < -0.4 is 10.5 Å². The van der Waals surface area contributed by atoms with E-state index < -0.39 is 10.0 Å². The van der Waals surface area contributed by atoms with Crippen LogP contribution in [0.3, 0.4) is 0 Å². The summed E-state index contributed by atoms with van der Waals surface area (Å²) in [6, 6.07) is 12.1. The molecule has 0 fully saturated rings. The van der Waals surface area contributed by atoms with Crippen LogP contribution in [-0.2, 0) is 16.4 Å². The molecule has 0 aliphatic rings. The molecule has 0 saturated carbocycles. The minimum atomic E-state index is -3.68. The average molecular weight is 369 g/mol. The molecule has 0 saturated heterocycles. The molecule has 0 bridgehead atoms. The quantitative estimate of drug-likeness (QED) is 0.788. The smallest absolute Gasteiger partial charge is 0.263 e. The van der Waals surface area contributed by atoms with Crippen LogP contribution in [0.4, 0.5) is 11.4 Å². The lowest BCUT2D eigenvalue weighted by Crippen LogP contribution is -2.14. The monoisotopic (exact) mass is 368 g/mol. The predicted molar refractivity (Wildman–Crippen MR) is 89.8 cm³/mol.